The molecular formula is C12H25O2PS2. The van der Waals surface area contributed by atoms with E-state index in [0.29, 0.717) is 10.5 Å². The second-order valence-electron chi connectivity index (χ2n) is 5.38. The van der Waals surface area contributed by atoms with E-state index in [1.54, 1.807) is 0 Å². The molecule has 0 atom stereocenters. The van der Waals surface area contributed by atoms with E-state index in [1.807, 2.05) is 0 Å². The highest BCUT2D eigenvalue weighted by Crippen LogP contribution is 2.52. The third kappa shape index (κ3) is 4.01. The highest BCUT2D eigenvalue weighted by atomic mass is 32.9. The van der Waals surface area contributed by atoms with Crippen LogP contribution in [0.4, 0.5) is 0 Å². The summed E-state index contributed by atoms with van der Waals surface area (Å²) >= 11 is 4.20. The van der Waals surface area contributed by atoms with Gasteiger partial charge in [-0.15, -0.1) is 10.1 Å². The van der Waals surface area contributed by atoms with Crippen LogP contribution in [0.2, 0.25) is 0 Å². The molecule has 0 aromatic carbocycles. The fourth-order valence-corrected chi connectivity index (χ4v) is 12.3. The summed E-state index contributed by atoms with van der Waals surface area (Å²) in [6.45, 7) is 0. The van der Waals surface area contributed by atoms with Crippen LogP contribution >= 0.6 is 17.9 Å². The van der Waals surface area contributed by atoms with Crippen LogP contribution in [-0.4, -0.2) is 20.3 Å². The summed E-state index contributed by atoms with van der Waals surface area (Å²) in [5.41, 5.74) is -2.94. The Bertz CT molecular complexity index is 273. The maximum Gasteiger partial charge on any atom is 0.199 e. The Morgan fingerprint density at radius 3 is 1.41 bits per heavy atom. The van der Waals surface area contributed by atoms with Crippen LogP contribution in [0, 0.1) is 0 Å². The van der Waals surface area contributed by atoms with Crippen LogP contribution in [-0.2, 0) is 10.1 Å². The lowest BCUT2D eigenvalue weighted by Gasteiger charge is -2.35. The zero-order valence-electron chi connectivity index (χ0n) is 10.4. The summed E-state index contributed by atoms with van der Waals surface area (Å²) in [7, 11) is -0.228. The standard InChI is InChI=1S/C12H25O2PS2/c13-15(14,16)17(11-7-3-1-4-8-11)12-9-5-2-6-10-12/h11-14,16H,1-10H2. The molecule has 5 heteroatoms. The SMILES string of the molecule is OP(O)(S)=S(C1CCCCC1)C1CCCCC1. The van der Waals surface area contributed by atoms with E-state index in [2.05, 4.69) is 12.2 Å². The van der Waals surface area contributed by atoms with Crippen molar-refractivity contribution in [3.05, 3.63) is 0 Å². The molecule has 0 aromatic rings. The Morgan fingerprint density at radius 2 is 1.12 bits per heavy atom. The number of hydrogen-bond donors (Lipinski definition) is 3. The Kier molecular flexibility index (Phi) is 5.50. The van der Waals surface area contributed by atoms with Gasteiger partial charge in [-0.1, -0.05) is 50.8 Å². The normalized spacial score (nSPS) is 25.4. The predicted octanol–water partition coefficient (Wildman–Crippen LogP) is 3.86. The summed E-state index contributed by atoms with van der Waals surface area (Å²) < 4.78 is 0. The third-order valence-electron chi connectivity index (χ3n) is 4.07. The van der Waals surface area contributed by atoms with Gasteiger partial charge in [0.25, 0.3) is 0 Å². The first-order valence-electron chi connectivity index (χ1n) is 6.89. The van der Waals surface area contributed by atoms with Gasteiger partial charge in [-0.05, 0) is 25.7 Å². The minimum absolute atomic E-state index is 0.228. The predicted molar refractivity (Wildman–Crippen MR) is 81.5 cm³/mol. The van der Waals surface area contributed by atoms with Crippen molar-refractivity contribution >= 4 is 28.0 Å². The van der Waals surface area contributed by atoms with Crippen molar-refractivity contribution in [3.63, 3.8) is 0 Å². The van der Waals surface area contributed by atoms with Gasteiger partial charge in [-0.25, -0.2) is 0 Å². The fraction of sp³-hybridized carbons (Fsp3) is 1.00. The zero-order chi connectivity index (χ0) is 12.3. The lowest BCUT2D eigenvalue weighted by atomic mass is 10.00. The van der Waals surface area contributed by atoms with Crippen molar-refractivity contribution in [1.29, 1.82) is 0 Å². The Balaban J connectivity index is 2.18. The van der Waals surface area contributed by atoms with E-state index in [4.69, 9.17) is 0 Å². The molecule has 2 aliphatic rings. The molecule has 0 aliphatic heterocycles. The molecule has 2 nitrogen and oxygen atoms in total. The minimum atomic E-state index is -2.94. The molecule has 0 unspecified atom stereocenters. The fourth-order valence-electron chi connectivity index (χ4n) is 3.29. The Morgan fingerprint density at radius 1 is 0.765 bits per heavy atom. The molecule has 17 heavy (non-hydrogen) atoms. The van der Waals surface area contributed by atoms with Gasteiger partial charge in [-0.2, -0.15) is 0 Å². The quantitative estimate of drug-likeness (QED) is 0.535. The van der Waals surface area contributed by atoms with Gasteiger partial charge in [0.2, 0.25) is 0 Å². The van der Waals surface area contributed by atoms with Crippen LogP contribution in [0.25, 0.3) is 0 Å². The number of rotatable bonds is 2. The first-order chi connectivity index (χ1) is 8.09. The van der Waals surface area contributed by atoms with Gasteiger partial charge in [0.15, 0.2) is 5.69 Å². The highest BCUT2D eigenvalue weighted by molar-refractivity contribution is 8.66. The molecule has 0 amide bonds. The van der Waals surface area contributed by atoms with Crippen LogP contribution in [0.1, 0.15) is 64.2 Å². The second kappa shape index (κ2) is 6.47. The Hall–Kier alpha value is 1.05. The summed E-state index contributed by atoms with van der Waals surface area (Å²) in [5.74, 6) is 0. The van der Waals surface area contributed by atoms with Crippen molar-refractivity contribution in [2.45, 2.75) is 74.7 Å². The molecule has 2 N–H and O–H groups in total. The van der Waals surface area contributed by atoms with E-state index in [1.165, 1.54) is 64.2 Å². The molecule has 0 radical (unpaired) electrons. The van der Waals surface area contributed by atoms with Gasteiger partial charge in [0, 0.05) is 10.5 Å². The van der Waals surface area contributed by atoms with E-state index < -0.39 is 5.69 Å². The molecule has 0 heterocycles. The van der Waals surface area contributed by atoms with Crippen LogP contribution in [0.5, 0.6) is 0 Å². The van der Waals surface area contributed by atoms with Gasteiger partial charge in [0.1, 0.15) is 0 Å². The summed E-state index contributed by atoms with van der Waals surface area (Å²) in [4.78, 5) is 20.3. The molecule has 2 rings (SSSR count). The lowest BCUT2D eigenvalue weighted by molar-refractivity contribution is 0.483. The van der Waals surface area contributed by atoms with E-state index in [-0.39, 0.29) is 10.1 Å². The maximum atomic E-state index is 10.1. The molecule has 2 saturated carbocycles. The number of thiol groups is 1. The van der Waals surface area contributed by atoms with Gasteiger partial charge >= 0.3 is 0 Å². The van der Waals surface area contributed by atoms with E-state index in [9.17, 15) is 9.79 Å². The summed E-state index contributed by atoms with van der Waals surface area (Å²) in [5, 5.41) is 1.10. The zero-order valence-corrected chi connectivity index (χ0v) is 13.0. The van der Waals surface area contributed by atoms with Gasteiger partial charge in [-0.3, -0.25) is 0 Å². The van der Waals surface area contributed by atoms with Crippen LogP contribution in [0.3, 0.4) is 0 Å². The third-order valence-corrected chi connectivity index (χ3v) is 12.1. The van der Waals surface area contributed by atoms with E-state index >= 15 is 0 Å². The van der Waals surface area contributed by atoms with Gasteiger partial charge < -0.3 is 9.79 Å². The first kappa shape index (κ1) is 14.5. The van der Waals surface area contributed by atoms with Crippen molar-refractivity contribution in [3.8, 4) is 0 Å². The molecule has 0 spiro atoms. The average molecular weight is 296 g/mol. The van der Waals surface area contributed by atoms with Crippen LogP contribution in [0.15, 0.2) is 0 Å². The smallest absolute Gasteiger partial charge is 0.199 e. The molecule has 2 aliphatic carbocycles. The maximum absolute atomic E-state index is 10.1. The van der Waals surface area contributed by atoms with Crippen molar-refractivity contribution in [2.24, 2.45) is 0 Å². The average Bonchev–Trinajstić information content (AvgIpc) is 2.30. The molecule has 102 valence electrons. The Labute approximate surface area is 112 Å². The molecule has 0 bridgehead atoms. The summed E-state index contributed by atoms with van der Waals surface area (Å²) in [6, 6.07) is 0. The highest BCUT2D eigenvalue weighted by Gasteiger charge is 2.30. The first-order valence-corrected chi connectivity index (χ1v) is 11.7. The number of hydrogen-bond acceptors (Lipinski definition) is 0. The summed E-state index contributed by atoms with van der Waals surface area (Å²) in [6.07, 6.45) is 12.5. The molecule has 0 aromatic heterocycles. The van der Waals surface area contributed by atoms with Gasteiger partial charge in [0.05, 0.1) is 0 Å². The van der Waals surface area contributed by atoms with Crippen molar-refractivity contribution in [1.82, 2.24) is 0 Å². The second-order valence-corrected chi connectivity index (χ2v) is 13.7. The topological polar surface area (TPSA) is 40.5 Å². The lowest BCUT2D eigenvalue weighted by Crippen LogP contribution is -2.29. The molecule has 2 fully saturated rings. The molecular weight excluding hydrogens is 271 g/mol. The monoisotopic (exact) mass is 296 g/mol. The minimum Gasteiger partial charge on any atom is -0.341 e. The molecule has 0 saturated heterocycles. The van der Waals surface area contributed by atoms with Crippen molar-refractivity contribution < 1.29 is 9.79 Å². The largest absolute Gasteiger partial charge is 0.341 e. The van der Waals surface area contributed by atoms with Crippen LogP contribution < -0.4 is 0 Å². The van der Waals surface area contributed by atoms with E-state index in [0.717, 1.165) is 0 Å². The van der Waals surface area contributed by atoms with Crippen molar-refractivity contribution in [2.75, 3.05) is 0 Å².